The number of benzene rings is 2. The molecule has 0 amide bonds. The first-order valence-corrected chi connectivity index (χ1v) is 13.5. The molecule has 2 aromatic carbocycles. The van der Waals surface area contributed by atoms with E-state index in [1.807, 2.05) is 37.3 Å². The molecule has 36 heavy (non-hydrogen) atoms. The molecule has 186 valence electrons. The van der Waals surface area contributed by atoms with E-state index in [-0.39, 0.29) is 16.6 Å². The molecule has 3 aromatic rings. The third kappa shape index (κ3) is 5.27. The Balaban J connectivity index is 2.05. The van der Waals surface area contributed by atoms with Gasteiger partial charge >= 0.3 is 0 Å². The van der Waals surface area contributed by atoms with Gasteiger partial charge in [0.2, 0.25) is 0 Å². The van der Waals surface area contributed by atoms with E-state index in [2.05, 4.69) is 64.2 Å². The molecule has 1 heterocycles. The van der Waals surface area contributed by atoms with Gasteiger partial charge in [0, 0.05) is 27.1 Å². The number of fused-ring (bicyclic) bond motifs is 1. The van der Waals surface area contributed by atoms with E-state index in [0.29, 0.717) is 21.4 Å². The zero-order chi connectivity index (χ0) is 26.4. The molecule has 4 rings (SSSR count). The molecule has 0 bridgehead atoms. The average molecular weight is 538 g/mol. The molecule has 1 aliphatic carbocycles. The van der Waals surface area contributed by atoms with Crippen molar-refractivity contribution in [2.24, 2.45) is 21.1 Å². The fraction of sp³-hybridized carbons (Fsp3) is 0.300. The quantitative estimate of drug-likeness (QED) is 0.306. The predicted octanol–water partition coefficient (Wildman–Crippen LogP) is 10.5. The molecule has 0 N–H and O–H groups in total. The number of carbonyl (C=O) groups excluding carboxylic acids is 1. The maximum absolute atomic E-state index is 13.5. The first-order chi connectivity index (χ1) is 16.8. The minimum atomic E-state index is -0.330. The molecule has 1 aliphatic rings. The lowest BCUT2D eigenvalue weighted by Gasteiger charge is -2.31. The second-order valence-electron chi connectivity index (χ2n) is 11.2. The Bertz CT molecular complexity index is 1430. The highest BCUT2D eigenvalue weighted by atomic mass is 35.5. The predicted molar refractivity (Wildman–Crippen MR) is 155 cm³/mol. The molecule has 0 saturated heterocycles. The zero-order valence-corrected chi connectivity index (χ0v) is 24.0. The normalized spacial score (nSPS) is 15.0. The number of azo groups is 1. The van der Waals surface area contributed by atoms with Crippen molar-refractivity contribution in [3.63, 3.8) is 0 Å². The van der Waals surface area contributed by atoms with Crippen LogP contribution in [0.15, 0.2) is 80.9 Å². The van der Waals surface area contributed by atoms with Gasteiger partial charge in [-0.2, -0.15) is 0 Å². The van der Waals surface area contributed by atoms with Crippen LogP contribution in [0.4, 0.5) is 5.69 Å². The van der Waals surface area contributed by atoms with E-state index in [1.54, 1.807) is 17.4 Å². The number of allylic oxidation sites excluding steroid dienone is 5. The summed E-state index contributed by atoms with van der Waals surface area (Å²) in [4.78, 5) is 14.5. The Kier molecular flexibility index (Phi) is 7.18. The molecule has 0 fully saturated rings. The largest absolute Gasteiger partial charge is 0.289 e. The second-order valence-corrected chi connectivity index (χ2v) is 12.9. The Morgan fingerprint density at radius 1 is 0.917 bits per heavy atom. The van der Waals surface area contributed by atoms with Gasteiger partial charge in [-0.25, -0.2) is 0 Å². The van der Waals surface area contributed by atoms with E-state index >= 15 is 0 Å². The topological polar surface area (TPSA) is 41.8 Å². The fourth-order valence-corrected chi connectivity index (χ4v) is 5.88. The van der Waals surface area contributed by atoms with Crippen LogP contribution < -0.4 is 0 Å². The van der Waals surface area contributed by atoms with Crippen LogP contribution in [0.5, 0.6) is 0 Å². The molecule has 1 aromatic heterocycles. The van der Waals surface area contributed by atoms with Gasteiger partial charge < -0.3 is 0 Å². The molecule has 6 heteroatoms. The SMILES string of the molecule is Cc1cc(Cl)cc(Cl)c1N=NC(=C1C=C(C(C)(C)C)C(=O)C(C(C)(C)C)=C1)c1scc2ccccc12. The average Bonchev–Trinajstić information content (AvgIpc) is 3.18. The molecule has 0 atom stereocenters. The molecule has 3 nitrogen and oxygen atoms in total. The Morgan fingerprint density at radius 3 is 2.11 bits per heavy atom. The van der Waals surface area contributed by atoms with Crippen molar-refractivity contribution < 1.29 is 4.79 Å². The fourth-order valence-electron chi connectivity index (χ4n) is 4.21. The molecule has 0 saturated carbocycles. The van der Waals surface area contributed by atoms with Crippen LogP contribution >= 0.6 is 34.5 Å². The number of aryl methyl sites for hydroxylation is 1. The summed E-state index contributed by atoms with van der Waals surface area (Å²) >= 11 is 14.3. The Hall–Kier alpha value is -2.53. The summed E-state index contributed by atoms with van der Waals surface area (Å²) < 4.78 is 0. The van der Waals surface area contributed by atoms with Crippen molar-refractivity contribution in [1.29, 1.82) is 0 Å². The molecule has 0 unspecified atom stereocenters. The summed E-state index contributed by atoms with van der Waals surface area (Å²) in [7, 11) is 0. The summed E-state index contributed by atoms with van der Waals surface area (Å²) in [6.07, 6.45) is 3.97. The van der Waals surface area contributed by atoms with Gasteiger partial charge in [0.05, 0.1) is 9.90 Å². The molecule has 0 aliphatic heterocycles. The summed E-state index contributed by atoms with van der Waals surface area (Å²) in [5.41, 5.74) is 3.86. The number of Topliss-reactive ketones (excluding diaryl/α,β-unsaturated/α-hetero) is 1. The lowest BCUT2D eigenvalue weighted by molar-refractivity contribution is -0.114. The van der Waals surface area contributed by atoms with E-state index in [9.17, 15) is 4.79 Å². The van der Waals surface area contributed by atoms with E-state index in [1.165, 1.54) is 0 Å². The summed E-state index contributed by atoms with van der Waals surface area (Å²) in [6, 6.07) is 11.7. The smallest absolute Gasteiger partial charge is 0.186 e. The van der Waals surface area contributed by atoms with Crippen LogP contribution in [0.1, 0.15) is 52.0 Å². The van der Waals surface area contributed by atoms with Crippen LogP contribution in [-0.4, -0.2) is 5.78 Å². The lowest BCUT2D eigenvalue weighted by atomic mass is 9.71. The van der Waals surface area contributed by atoms with Crippen molar-refractivity contribution in [3.8, 4) is 0 Å². The van der Waals surface area contributed by atoms with Crippen LogP contribution in [0.2, 0.25) is 10.0 Å². The first-order valence-electron chi connectivity index (χ1n) is 11.8. The van der Waals surface area contributed by atoms with E-state index in [0.717, 1.165) is 37.9 Å². The van der Waals surface area contributed by atoms with Crippen molar-refractivity contribution in [3.05, 3.63) is 91.1 Å². The number of carbonyl (C=O) groups is 1. The van der Waals surface area contributed by atoms with Crippen LogP contribution in [0.25, 0.3) is 16.5 Å². The number of hydrogen-bond acceptors (Lipinski definition) is 4. The highest BCUT2D eigenvalue weighted by molar-refractivity contribution is 7.12. The summed E-state index contributed by atoms with van der Waals surface area (Å²) in [5, 5.41) is 14.8. The minimum Gasteiger partial charge on any atom is -0.289 e. The number of rotatable bonds is 3. The van der Waals surface area contributed by atoms with Gasteiger partial charge in [0.15, 0.2) is 5.78 Å². The monoisotopic (exact) mass is 536 g/mol. The Morgan fingerprint density at radius 2 is 1.53 bits per heavy atom. The van der Waals surface area contributed by atoms with Crippen molar-refractivity contribution in [2.45, 2.75) is 48.5 Å². The van der Waals surface area contributed by atoms with Crippen molar-refractivity contribution >= 4 is 62.5 Å². The number of ketones is 1. The van der Waals surface area contributed by atoms with Gasteiger partial charge in [0.1, 0.15) is 11.4 Å². The first kappa shape index (κ1) is 26.5. The zero-order valence-electron chi connectivity index (χ0n) is 21.7. The van der Waals surface area contributed by atoms with Crippen molar-refractivity contribution in [1.82, 2.24) is 0 Å². The molecular weight excluding hydrogens is 507 g/mol. The standard InChI is InChI=1S/C30H30Cl2N2OS/c1-17-12-20(31)15-24(32)25(17)33-34-26(28-21-11-9-8-10-18(21)16-36-28)19-13-22(29(2,3)4)27(35)23(14-19)30(5,6)7/h8-16H,1-7H3. The maximum Gasteiger partial charge on any atom is 0.186 e. The van der Waals surface area contributed by atoms with Crippen LogP contribution in [0, 0.1) is 17.8 Å². The summed E-state index contributed by atoms with van der Waals surface area (Å²) in [6.45, 7) is 14.3. The number of halogens is 2. The van der Waals surface area contributed by atoms with Gasteiger partial charge in [0.25, 0.3) is 0 Å². The molecule has 0 spiro atoms. The number of hydrogen-bond donors (Lipinski definition) is 0. The third-order valence-electron chi connectivity index (χ3n) is 6.17. The highest BCUT2D eigenvalue weighted by Crippen LogP contribution is 2.43. The van der Waals surface area contributed by atoms with Gasteiger partial charge in [-0.1, -0.05) is 89.0 Å². The lowest BCUT2D eigenvalue weighted by Crippen LogP contribution is -2.28. The second kappa shape index (κ2) is 9.74. The number of nitrogens with zero attached hydrogens (tertiary/aromatic N) is 2. The Labute approximate surface area is 227 Å². The van der Waals surface area contributed by atoms with Crippen molar-refractivity contribution in [2.75, 3.05) is 0 Å². The minimum absolute atomic E-state index is 0.0858. The van der Waals surface area contributed by atoms with Gasteiger partial charge in [-0.05, 0) is 58.4 Å². The van der Waals surface area contributed by atoms with E-state index < -0.39 is 0 Å². The van der Waals surface area contributed by atoms with Gasteiger partial charge in [-0.15, -0.1) is 21.6 Å². The third-order valence-corrected chi connectivity index (χ3v) is 7.70. The van der Waals surface area contributed by atoms with E-state index in [4.69, 9.17) is 28.3 Å². The number of thiophene rings is 1. The molecular formula is C30H30Cl2N2OS. The highest BCUT2D eigenvalue weighted by Gasteiger charge is 2.35. The van der Waals surface area contributed by atoms with Crippen LogP contribution in [0.3, 0.4) is 0 Å². The molecule has 0 radical (unpaired) electrons. The summed E-state index contributed by atoms with van der Waals surface area (Å²) in [5.74, 6) is 0.0858. The van der Waals surface area contributed by atoms with Crippen LogP contribution in [-0.2, 0) is 4.79 Å². The maximum atomic E-state index is 13.5. The van der Waals surface area contributed by atoms with Gasteiger partial charge in [-0.3, -0.25) is 4.79 Å².